The zero-order valence-electron chi connectivity index (χ0n) is 12.6. The summed E-state index contributed by atoms with van der Waals surface area (Å²) < 4.78 is 58.0. The van der Waals surface area contributed by atoms with Crippen molar-refractivity contribution < 1.29 is 31.5 Å². The van der Waals surface area contributed by atoms with Crippen LogP contribution in [0.3, 0.4) is 0 Å². The zero-order valence-corrected chi connectivity index (χ0v) is 13.4. The van der Waals surface area contributed by atoms with Gasteiger partial charge < -0.3 is 15.4 Å². The Hall–Kier alpha value is -2.11. The van der Waals surface area contributed by atoms with Crippen molar-refractivity contribution in [1.29, 1.82) is 0 Å². The number of carbonyl (C=O) groups is 2. The topological polar surface area (TPSA) is 105 Å². The number of hydrogen-bond donors (Lipinski definition) is 2. The van der Waals surface area contributed by atoms with Crippen molar-refractivity contribution in [3.8, 4) is 0 Å². The van der Waals surface area contributed by atoms with Gasteiger partial charge in [-0.05, 0) is 18.2 Å². The Morgan fingerprint density at radius 2 is 2.04 bits per heavy atom. The van der Waals surface area contributed by atoms with Crippen LogP contribution in [-0.2, 0) is 24.3 Å². The van der Waals surface area contributed by atoms with E-state index in [1.165, 1.54) is 7.05 Å². The largest absolute Gasteiger partial charge is 0.359 e. The first kappa shape index (κ1) is 18.2. The van der Waals surface area contributed by atoms with Crippen LogP contribution < -0.4 is 10.6 Å². The molecule has 1 aromatic carbocycles. The smallest absolute Gasteiger partial charge is 0.309 e. The van der Waals surface area contributed by atoms with E-state index in [0.717, 1.165) is 10.4 Å². The average molecular weight is 363 g/mol. The summed E-state index contributed by atoms with van der Waals surface area (Å²) in [7, 11) is -3.11. The van der Waals surface area contributed by atoms with E-state index in [2.05, 4.69) is 10.6 Å². The van der Waals surface area contributed by atoms with E-state index in [-0.39, 0.29) is 19.7 Å². The lowest BCUT2D eigenvalue weighted by Gasteiger charge is -2.23. The van der Waals surface area contributed by atoms with Gasteiger partial charge in [0.15, 0.2) is 0 Å². The number of hydrogen-bond acceptors (Lipinski definition) is 5. The number of sulfonamides is 1. The second-order valence-corrected chi connectivity index (χ2v) is 6.66. The van der Waals surface area contributed by atoms with E-state index in [1.54, 1.807) is 0 Å². The molecule has 8 nitrogen and oxygen atoms in total. The van der Waals surface area contributed by atoms with Crippen LogP contribution in [0.25, 0.3) is 0 Å². The van der Waals surface area contributed by atoms with Crippen molar-refractivity contribution in [3.63, 3.8) is 0 Å². The van der Waals surface area contributed by atoms with Crippen LogP contribution in [0.2, 0.25) is 0 Å². The molecule has 2 amide bonds. The van der Waals surface area contributed by atoms with Gasteiger partial charge in [0.05, 0.1) is 13.2 Å². The summed E-state index contributed by atoms with van der Waals surface area (Å²) in [6, 6.07) is 2.08. The molecule has 1 saturated heterocycles. The molecule has 1 aliphatic heterocycles. The minimum Gasteiger partial charge on any atom is -0.359 e. The summed E-state index contributed by atoms with van der Waals surface area (Å²) in [5, 5.41) is 4.31. The Morgan fingerprint density at radius 1 is 1.33 bits per heavy atom. The number of nitrogens with one attached hydrogen (secondary N) is 2. The summed E-state index contributed by atoms with van der Waals surface area (Å²) in [5.74, 6) is -3.88. The van der Waals surface area contributed by atoms with E-state index in [1.807, 2.05) is 0 Å². The monoisotopic (exact) mass is 363 g/mol. The average Bonchev–Trinajstić information content (AvgIpc) is 3.03. The quantitative estimate of drug-likeness (QED) is 0.680. The van der Waals surface area contributed by atoms with Crippen LogP contribution >= 0.6 is 0 Å². The minimum atomic E-state index is -4.37. The molecule has 0 saturated carbocycles. The Morgan fingerprint density at radius 3 is 2.71 bits per heavy atom. The molecule has 132 valence electrons. The van der Waals surface area contributed by atoms with Crippen LogP contribution in [0.5, 0.6) is 0 Å². The third-order valence-corrected chi connectivity index (χ3v) is 5.20. The fourth-order valence-electron chi connectivity index (χ4n) is 2.12. The fourth-order valence-corrected chi connectivity index (χ4v) is 3.71. The van der Waals surface area contributed by atoms with Crippen molar-refractivity contribution in [2.75, 3.05) is 26.7 Å². The lowest BCUT2D eigenvalue weighted by atomic mass is 10.3. The SMILES string of the molecule is CNC(=O)C(=O)NCC1OCCN1S(=O)(=O)c1cc(F)ccc1F. The molecule has 1 unspecified atom stereocenters. The molecule has 0 aliphatic carbocycles. The first-order valence-electron chi connectivity index (χ1n) is 6.85. The van der Waals surface area contributed by atoms with Crippen molar-refractivity contribution in [2.24, 2.45) is 0 Å². The fraction of sp³-hybridized carbons (Fsp3) is 0.385. The molecule has 11 heteroatoms. The van der Waals surface area contributed by atoms with Crippen LogP contribution in [0.15, 0.2) is 23.1 Å². The summed E-state index contributed by atoms with van der Waals surface area (Å²) in [6.45, 7) is -0.405. The zero-order chi connectivity index (χ0) is 17.9. The normalized spacial score (nSPS) is 18.4. The third kappa shape index (κ3) is 3.68. The lowest BCUT2D eigenvalue weighted by molar-refractivity contribution is -0.139. The maximum atomic E-state index is 13.8. The molecule has 1 heterocycles. The van der Waals surface area contributed by atoms with E-state index >= 15 is 0 Å². The molecule has 24 heavy (non-hydrogen) atoms. The number of likely N-dealkylation sites (N-methyl/N-ethyl adjacent to an activating group) is 1. The van der Waals surface area contributed by atoms with Gasteiger partial charge in [-0.3, -0.25) is 9.59 Å². The number of nitrogens with zero attached hydrogens (tertiary/aromatic N) is 1. The molecule has 0 bridgehead atoms. The summed E-state index contributed by atoms with van der Waals surface area (Å²) in [6.07, 6.45) is -1.13. The molecule has 1 aromatic rings. The molecule has 0 spiro atoms. The molecule has 1 fully saturated rings. The summed E-state index contributed by atoms with van der Waals surface area (Å²) in [5.41, 5.74) is 0. The lowest BCUT2D eigenvalue weighted by Crippen LogP contribution is -2.47. The Bertz CT molecular complexity index is 756. The molecule has 2 N–H and O–H groups in total. The maximum absolute atomic E-state index is 13.8. The summed E-state index contributed by atoms with van der Waals surface area (Å²) in [4.78, 5) is 21.7. The van der Waals surface area contributed by atoms with Gasteiger partial charge in [-0.15, -0.1) is 0 Å². The Kier molecular flexibility index (Phi) is 5.47. The number of halogens is 2. The highest BCUT2D eigenvalue weighted by atomic mass is 32.2. The van der Waals surface area contributed by atoms with Gasteiger partial charge in [0.25, 0.3) is 0 Å². The molecule has 0 aromatic heterocycles. The van der Waals surface area contributed by atoms with Gasteiger partial charge in [-0.2, -0.15) is 4.31 Å². The van der Waals surface area contributed by atoms with Crippen molar-refractivity contribution in [3.05, 3.63) is 29.8 Å². The third-order valence-electron chi connectivity index (χ3n) is 3.29. The van der Waals surface area contributed by atoms with Gasteiger partial charge in [0, 0.05) is 13.6 Å². The van der Waals surface area contributed by atoms with Gasteiger partial charge in [-0.1, -0.05) is 0 Å². The van der Waals surface area contributed by atoms with E-state index in [9.17, 15) is 26.8 Å². The van der Waals surface area contributed by atoms with Crippen molar-refractivity contribution in [1.82, 2.24) is 14.9 Å². The van der Waals surface area contributed by atoms with Gasteiger partial charge in [-0.25, -0.2) is 17.2 Å². The highest BCUT2D eigenvalue weighted by Gasteiger charge is 2.38. The predicted octanol–water partition coefficient (Wildman–Crippen LogP) is -0.826. The minimum absolute atomic E-state index is 0.0106. The molecule has 1 atom stereocenters. The van der Waals surface area contributed by atoms with Crippen LogP contribution in [0.4, 0.5) is 8.78 Å². The van der Waals surface area contributed by atoms with Crippen LogP contribution in [0.1, 0.15) is 0 Å². The summed E-state index contributed by atoms with van der Waals surface area (Å²) >= 11 is 0. The first-order valence-corrected chi connectivity index (χ1v) is 8.29. The van der Waals surface area contributed by atoms with Crippen LogP contribution in [0, 0.1) is 11.6 Å². The second kappa shape index (κ2) is 7.20. The van der Waals surface area contributed by atoms with Crippen LogP contribution in [-0.4, -0.2) is 57.5 Å². The standard InChI is InChI=1S/C13H15F2N3O5S/c1-16-12(19)13(20)17-7-11-18(4-5-23-11)24(21,22)10-6-8(14)2-3-9(10)15/h2-3,6,11H,4-5,7H2,1H3,(H,16,19)(H,17,20). The Labute approximate surface area is 136 Å². The number of amides is 2. The van der Waals surface area contributed by atoms with Gasteiger partial charge >= 0.3 is 11.8 Å². The molecule has 1 aliphatic rings. The molecular formula is C13H15F2N3O5S. The van der Waals surface area contributed by atoms with Gasteiger partial charge in [0.1, 0.15) is 22.8 Å². The maximum Gasteiger partial charge on any atom is 0.309 e. The predicted molar refractivity (Wildman–Crippen MR) is 77.1 cm³/mol. The number of carbonyl (C=O) groups excluding carboxylic acids is 2. The van der Waals surface area contributed by atoms with Crippen molar-refractivity contribution >= 4 is 21.8 Å². The van der Waals surface area contributed by atoms with E-state index in [4.69, 9.17) is 4.74 Å². The number of benzene rings is 1. The van der Waals surface area contributed by atoms with E-state index < -0.39 is 44.6 Å². The molecule has 2 rings (SSSR count). The van der Waals surface area contributed by atoms with E-state index in [0.29, 0.717) is 12.1 Å². The molecular weight excluding hydrogens is 348 g/mol. The molecule has 0 radical (unpaired) electrons. The second-order valence-electron chi connectivity index (χ2n) is 4.81. The number of rotatable bonds is 4. The highest BCUT2D eigenvalue weighted by molar-refractivity contribution is 7.89. The first-order chi connectivity index (χ1) is 11.3. The van der Waals surface area contributed by atoms with Crippen molar-refractivity contribution in [2.45, 2.75) is 11.1 Å². The van der Waals surface area contributed by atoms with Gasteiger partial charge in [0.2, 0.25) is 10.0 Å². The number of ether oxygens (including phenoxy) is 1. The Balaban J connectivity index is 2.18. The highest BCUT2D eigenvalue weighted by Crippen LogP contribution is 2.24.